The smallest absolute Gasteiger partial charge is 0.214 e. The fraction of sp³-hybridized carbons (Fsp3) is 0.0667. The summed E-state index contributed by atoms with van der Waals surface area (Å²) < 4.78 is 5.11. The van der Waals surface area contributed by atoms with Crippen LogP contribution >= 0.6 is 22.7 Å². The Morgan fingerprint density at radius 2 is 2.00 bits per heavy atom. The molecule has 0 radical (unpaired) electrons. The second-order valence-electron chi connectivity index (χ2n) is 4.19. The van der Waals surface area contributed by atoms with Gasteiger partial charge in [-0.15, -0.1) is 11.3 Å². The Hall–Kier alpha value is -2.18. The third kappa shape index (κ3) is 3.12. The molecule has 3 aromatic rings. The van der Waals surface area contributed by atoms with Crippen molar-refractivity contribution < 1.29 is 9.53 Å². The van der Waals surface area contributed by atoms with Crippen molar-refractivity contribution in [1.29, 1.82) is 0 Å². The van der Waals surface area contributed by atoms with Gasteiger partial charge in [0.05, 0.1) is 23.1 Å². The predicted molar refractivity (Wildman–Crippen MR) is 86.1 cm³/mol. The minimum absolute atomic E-state index is 0.0188. The van der Waals surface area contributed by atoms with Crippen molar-refractivity contribution in [1.82, 2.24) is 4.98 Å². The minimum atomic E-state index is 0.0188. The molecule has 0 spiro atoms. The van der Waals surface area contributed by atoms with E-state index in [4.69, 9.17) is 4.74 Å². The molecule has 1 N–H and O–H groups in total. The first-order valence-corrected chi connectivity index (χ1v) is 7.91. The lowest BCUT2D eigenvalue weighted by Crippen LogP contribution is -1.93. The maximum atomic E-state index is 12.2. The van der Waals surface area contributed by atoms with E-state index in [-0.39, 0.29) is 5.78 Å². The van der Waals surface area contributed by atoms with Gasteiger partial charge in [0.2, 0.25) is 5.78 Å². The van der Waals surface area contributed by atoms with Crippen molar-refractivity contribution in [2.24, 2.45) is 0 Å². The number of aromatic nitrogens is 1. The lowest BCUT2D eigenvalue weighted by molar-refractivity contribution is 0.104. The summed E-state index contributed by atoms with van der Waals surface area (Å²) in [4.78, 5) is 17.8. The van der Waals surface area contributed by atoms with Crippen LogP contribution in [0.4, 0.5) is 10.8 Å². The van der Waals surface area contributed by atoms with Crippen molar-refractivity contribution in [3.05, 3.63) is 57.7 Å². The summed E-state index contributed by atoms with van der Waals surface area (Å²) in [6, 6.07) is 11.2. The van der Waals surface area contributed by atoms with Gasteiger partial charge in [-0.2, -0.15) is 0 Å². The summed E-state index contributed by atoms with van der Waals surface area (Å²) in [6.45, 7) is 0. The monoisotopic (exact) mass is 316 g/mol. The highest BCUT2D eigenvalue weighted by Crippen LogP contribution is 2.26. The highest BCUT2D eigenvalue weighted by Gasteiger charge is 2.13. The summed E-state index contributed by atoms with van der Waals surface area (Å²) in [5.74, 6) is 0.818. The van der Waals surface area contributed by atoms with Gasteiger partial charge in [0, 0.05) is 5.69 Å². The molecule has 2 heterocycles. The highest BCUT2D eigenvalue weighted by atomic mass is 32.1. The topological polar surface area (TPSA) is 51.2 Å². The summed E-state index contributed by atoms with van der Waals surface area (Å²) in [5.41, 5.74) is 0.903. The van der Waals surface area contributed by atoms with E-state index in [2.05, 4.69) is 10.3 Å². The number of anilines is 2. The van der Waals surface area contributed by atoms with E-state index in [9.17, 15) is 4.79 Å². The number of hydrogen-bond acceptors (Lipinski definition) is 6. The van der Waals surface area contributed by atoms with Crippen molar-refractivity contribution >= 4 is 39.3 Å². The maximum absolute atomic E-state index is 12.2. The van der Waals surface area contributed by atoms with Crippen molar-refractivity contribution in [3.8, 4) is 5.75 Å². The number of ether oxygens (including phenoxy) is 1. The van der Waals surface area contributed by atoms with Gasteiger partial charge in [-0.1, -0.05) is 17.4 Å². The van der Waals surface area contributed by atoms with Crippen LogP contribution in [0.5, 0.6) is 5.75 Å². The van der Waals surface area contributed by atoms with Crippen LogP contribution in [0.25, 0.3) is 0 Å². The maximum Gasteiger partial charge on any atom is 0.214 e. The van der Waals surface area contributed by atoms with Gasteiger partial charge in [-0.25, -0.2) is 4.98 Å². The molecule has 0 fully saturated rings. The zero-order chi connectivity index (χ0) is 14.7. The number of thiazole rings is 1. The van der Waals surface area contributed by atoms with Crippen molar-refractivity contribution in [3.63, 3.8) is 0 Å². The molecule has 3 rings (SSSR count). The van der Waals surface area contributed by atoms with Crippen LogP contribution in [0.15, 0.2) is 48.0 Å². The fourth-order valence-corrected chi connectivity index (χ4v) is 3.30. The number of hydrogen-bond donors (Lipinski definition) is 1. The van der Waals surface area contributed by atoms with Crippen molar-refractivity contribution in [2.45, 2.75) is 0 Å². The van der Waals surface area contributed by atoms with E-state index in [1.165, 1.54) is 22.7 Å². The average molecular weight is 316 g/mol. The second kappa shape index (κ2) is 6.07. The quantitative estimate of drug-likeness (QED) is 0.717. The molecule has 6 heteroatoms. The molecule has 0 aliphatic rings. The summed E-state index contributed by atoms with van der Waals surface area (Å²) in [5, 5.41) is 5.77. The van der Waals surface area contributed by atoms with Gasteiger partial charge < -0.3 is 10.1 Å². The van der Waals surface area contributed by atoms with E-state index in [1.54, 1.807) is 13.3 Å². The first kappa shape index (κ1) is 13.8. The third-order valence-electron chi connectivity index (χ3n) is 2.82. The number of ketones is 1. The van der Waals surface area contributed by atoms with E-state index < -0.39 is 0 Å². The number of nitrogens with zero attached hydrogens (tertiary/aromatic N) is 1. The molecule has 0 aliphatic carbocycles. The summed E-state index contributed by atoms with van der Waals surface area (Å²) in [6.07, 6.45) is 1.61. The number of nitrogens with one attached hydrogen (secondary N) is 1. The normalized spacial score (nSPS) is 10.3. The molecule has 1 aromatic carbocycles. The lowest BCUT2D eigenvalue weighted by atomic mass is 10.3. The molecule has 0 bridgehead atoms. The van der Waals surface area contributed by atoms with Gasteiger partial charge in [0.1, 0.15) is 5.75 Å². The Morgan fingerprint density at radius 3 is 2.67 bits per heavy atom. The van der Waals surface area contributed by atoms with E-state index in [0.29, 0.717) is 10.0 Å². The first-order chi connectivity index (χ1) is 10.3. The van der Waals surface area contributed by atoms with Gasteiger partial charge >= 0.3 is 0 Å². The largest absolute Gasteiger partial charge is 0.497 e. The Bertz CT molecular complexity index is 733. The average Bonchev–Trinajstić information content (AvgIpc) is 3.19. The van der Waals surface area contributed by atoms with Crippen LogP contribution in [0.2, 0.25) is 0 Å². The van der Waals surface area contributed by atoms with Crippen LogP contribution < -0.4 is 10.1 Å². The molecular formula is C15H12N2O2S2. The molecule has 0 unspecified atom stereocenters. The van der Waals surface area contributed by atoms with Gasteiger partial charge in [-0.05, 0) is 35.7 Å². The number of rotatable bonds is 5. The minimum Gasteiger partial charge on any atom is -0.497 e. The lowest BCUT2D eigenvalue weighted by Gasteiger charge is -2.03. The van der Waals surface area contributed by atoms with Crippen LogP contribution in [0.1, 0.15) is 14.5 Å². The molecule has 4 nitrogen and oxygen atoms in total. The molecule has 0 saturated heterocycles. The van der Waals surface area contributed by atoms with E-state index in [1.807, 2.05) is 41.8 Å². The van der Waals surface area contributed by atoms with E-state index >= 15 is 0 Å². The molecule has 21 heavy (non-hydrogen) atoms. The summed E-state index contributed by atoms with van der Waals surface area (Å²) in [7, 11) is 1.63. The molecule has 0 saturated carbocycles. The number of carbonyl (C=O) groups is 1. The molecule has 0 amide bonds. The van der Waals surface area contributed by atoms with Gasteiger partial charge in [0.15, 0.2) is 5.13 Å². The zero-order valence-electron chi connectivity index (χ0n) is 11.2. The number of benzene rings is 1. The Balaban J connectivity index is 1.74. The number of carbonyl (C=O) groups excluding carboxylic acids is 1. The Labute approximate surface area is 130 Å². The molecule has 0 aliphatic heterocycles. The standard InChI is InChI=1S/C15H12N2O2S2/c1-19-11-6-4-10(5-7-11)17-15-16-9-13(21-15)14(18)12-3-2-8-20-12/h2-9H,1H3,(H,16,17). The molecule has 0 atom stereocenters. The van der Waals surface area contributed by atoms with Crippen LogP contribution in [0, 0.1) is 0 Å². The zero-order valence-corrected chi connectivity index (χ0v) is 12.8. The SMILES string of the molecule is COc1ccc(Nc2ncc(C(=O)c3cccs3)s2)cc1. The highest BCUT2D eigenvalue weighted by molar-refractivity contribution is 7.19. The van der Waals surface area contributed by atoms with E-state index in [0.717, 1.165) is 16.3 Å². The van der Waals surface area contributed by atoms with Crippen molar-refractivity contribution in [2.75, 3.05) is 12.4 Å². The third-order valence-corrected chi connectivity index (χ3v) is 4.60. The molecular weight excluding hydrogens is 304 g/mol. The Kier molecular flexibility index (Phi) is 3.98. The number of methoxy groups -OCH3 is 1. The fourth-order valence-electron chi connectivity index (χ4n) is 1.76. The number of thiophene rings is 1. The molecule has 106 valence electrons. The Morgan fingerprint density at radius 1 is 1.19 bits per heavy atom. The van der Waals surface area contributed by atoms with Crippen LogP contribution in [-0.4, -0.2) is 17.9 Å². The predicted octanol–water partition coefficient (Wildman–Crippen LogP) is 4.19. The van der Waals surface area contributed by atoms with Crippen LogP contribution in [-0.2, 0) is 0 Å². The molecule has 2 aromatic heterocycles. The first-order valence-electron chi connectivity index (χ1n) is 6.21. The van der Waals surface area contributed by atoms with Gasteiger partial charge in [-0.3, -0.25) is 4.79 Å². The van der Waals surface area contributed by atoms with Gasteiger partial charge in [0.25, 0.3) is 0 Å². The summed E-state index contributed by atoms with van der Waals surface area (Å²) >= 11 is 2.79. The second-order valence-corrected chi connectivity index (χ2v) is 6.17. The van der Waals surface area contributed by atoms with Crippen LogP contribution in [0.3, 0.4) is 0 Å².